The maximum Gasteiger partial charge on any atom is 0.0771 e. The lowest BCUT2D eigenvalue weighted by Gasteiger charge is -1.99. The molecule has 0 N–H and O–H groups in total. The average Bonchev–Trinajstić information content (AvgIpc) is 2.30. The van der Waals surface area contributed by atoms with E-state index in [4.69, 9.17) is 0 Å². The van der Waals surface area contributed by atoms with Crippen LogP contribution in [0.1, 0.15) is 11.1 Å². The number of para-hydroxylation sites is 1. The van der Waals surface area contributed by atoms with E-state index in [2.05, 4.69) is 40.0 Å². The second-order valence-electron chi connectivity index (χ2n) is 3.57. The summed E-state index contributed by atoms with van der Waals surface area (Å²) < 4.78 is 1.01. The largest absolute Gasteiger partial charge is 0.255 e. The molecular formula is C14H12BrN. The number of hydrogen-bond donors (Lipinski definition) is 0. The molecule has 80 valence electrons. The minimum absolute atomic E-state index is 0.950. The zero-order chi connectivity index (χ0) is 11.4. The van der Waals surface area contributed by atoms with Gasteiger partial charge in [-0.2, -0.15) is 0 Å². The lowest BCUT2D eigenvalue weighted by molar-refractivity contribution is 1.43. The van der Waals surface area contributed by atoms with Crippen molar-refractivity contribution >= 4 is 27.8 Å². The van der Waals surface area contributed by atoms with Crippen molar-refractivity contribution in [2.75, 3.05) is 0 Å². The standard InChI is InChI=1S/C14H12BrN/c1-11-6-2-3-7-12(11)10-16-14-9-5-4-8-13(14)15/h2-10H,1H3. The predicted octanol–water partition coefficient (Wildman–Crippen LogP) is 4.51. The highest BCUT2D eigenvalue weighted by Gasteiger charge is 1.95. The number of halogens is 1. The number of rotatable bonds is 2. The summed E-state index contributed by atoms with van der Waals surface area (Å²) in [7, 11) is 0. The minimum Gasteiger partial charge on any atom is -0.255 e. The van der Waals surface area contributed by atoms with Crippen molar-refractivity contribution < 1.29 is 0 Å². The van der Waals surface area contributed by atoms with Crippen LogP contribution in [0.15, 0.2) is 58.0 Å². The van der Waals surface area contributed by atoms with E-state index in [1.807, 2.05) is 42.6 Å². The molecule has 0 bridgehead atoms. The van der Waals surface area contributed by atoms with Gasteiger partial charge in [0, 0.05) is 10.7 Å². The van der Waals surface area contributed by atoms with Crippen LogP contribution in [0, 0.1) is 6.92 Å². The van der Waals surface area contributed by atoms with Gasteiger partial charge >= 0.3 is 0 Å². The van der Waals surface area contributed by atoms with Gasteiger partial charge in [0.15, 0.2) is 0 Å². The molecule has 0 fully saturated rings. The van der Waals surface area contributed by atoms with E-state index in [9.17, 15) is 0 Å². The number of aliphatic imine (C=N–C) groups is 1. The molecule has 0 radical (unpaired) electrons. The molecule has 0 saturated heterocycles. The molecule has 16 heavy (non-hydrogen) atoms. The molecule has 0 amide bonds. The van der Waals surface area contributed by atoms with Crippen molar-refractivity contribution in [3.63, 3.8) is 0 Å². The molecule has 0 aliphatic heterocycles. The fourth-order valence-electron chi connectivity index (χ4n) is 1.43. The maximum absolute atomic E-state index is 4.46. The third kappa shape index (κ3) is 2.58. The van der Waals surface area contributed by atoms with Gasteiger partial charge in [-0.25, -0.2) is 0 Å². The van der Waals surface area contributed by atoms with Gasteiger partial charge in [-0.05, 0) is 46.1 Å². The van der Waals surface area contributed by atoms with Crippen LogP contribution >= 0.6 is 15.9 Å². The second-order valence-corrected chi connectivity index (χ2v) is 4.42. The normalized spacial score (nSPS) is 10.9. The molecule has 0 heterocycles. The highest BCUT2D eigenvalue weighted by atomic mass is 79.9. The van der Waals surface area contributed by atoms with Crippen LogP contribution in [0.4, 0.5) is 5.69 Å². The molecule has 0 aromatic heterocycles. The number of aryl methyl sites for hydroxylation is 1. The van der Waals surface area contributed by atoms with Crippen LogP contribution in [0.2, 0.25) is 0 Å². The van der Waals surface area contributed by atoms with Crippen molar-refractivity contribution in [2.45, 2.75) is 6.92 Å². The predicted molar refractivity (Wildman–Crippen MR) is 72.6 cm³/mol. The Bertz CT molecular complexity index is 470. The van der Waals surface area contributed by atoms with E-state index in [1.165, 1.54) is 5.56 Å². The van der Waals surface area contributed by atoms with Crippen LogP contribution in [0.5, 0.6) is 0 Å². The molecule has 0 aliphatic rings. The van der Waals surface area contributed by atoms with Gasteiger partial charge in [0.05, 0.1) is 5.69 Å². The molecule has 0 unspecified atom stereocenters. The Morgan fingerprint density at radius 1 is 1.00 bits per heavy atom. The van der Waals surface area contributed by atoms with Crippen molar-refractivity contribution in [1.29, 1.82) is 0 Å². The number of nitrogens with zero attached hydrogens (tertiary/aromatic N) is 1. The van der Waals surface area contributed by atoms with E-state index in [-0.39, 0.29) is 0 Å². The molecule has 0 spiro atoms. The van der Waals surface area contributed by atoms with E-state index in [0.717, 1.165) is 15.7 Å². The van der Waals surface area contributed by atoms with E-state index < -0.39 is 0 Å². The lowest BCUT2D eigenvalue weighted by Crippen LogP contribution is -1.84. The summed E-state index contributed by atoms with van der Waals surface area (Å²) >= 11 is 3.47. The molecule has 0 atom stereocenters. The third-order valence-corrected chi connectivity index (χ3v) is 3.05. The smallest absolute Gasteiger partial charge is 0.0771 e. The lowest BCUT2D eigenvalue weighted by atomic mass is 10.1. The fourth-order valence-corrected chi connectivity index (χ4v) is 1.81. The van der Waals surface area contributed by atoms with Gasteiger partial charge in [0.1, 0.15) is 0 Å². The second kappa shape index (κ2) is 5.08. The maximum atomic E-state index is 4.46. The van der Waals surface area contributed by atoms with E-state index in [0.29, 0.717) is 0 Å². The van der Waals surface area contributed by atoms with Crippen LogP contribution in [-0.4, -0.2) is 6.21 Å². The van der Waals surface area contributed by atoms with Crippen molar-refractivity contribution in [3.05, 3.63) is 64.1 Å². The highest BCUT2D eigenvalue weighted by Crippen LogP contribution is 2.24. The first kappa shape index (κ1) is 11.1. The van der Waals surface area contributed by atoms with Crippen molar-refractivity contribution in [3.8, 4) is 0 Å². The quantitative estimate of drug-likeness (QED) is 0.714. The zero-order valence-corrected chi connectivity index (χ0v) is 10.6. The van der Waals surface area contributed by atoms with Crippen molar-refractivity contribution in [2.24, 2.45) is 4.99 Å². The summed E-state index contributed by atoms with van der Waals surface area (Å²) in [4.78, 5) is 4.46. The van der Waals surface area contributed by atoms with Gasteiger partial charge in [-0.3, -0.25) is 4.99 Å². The Kier molecular flexibility index (Phi) is 3.52. The Morgan fingerprint density at radius 3 is 2.44 bits per heavy atom. The molecule has 2 rings (SSSR count). The van der Waals surface area contributed by atoms with Crippen LogP contribution in [0.3, 0.4) is 0 Å². The Hall–Kier alpha value is -1.41. The van der Waals surface area contributed by atoms with Gasteiger partial charge < -0.3 is 0 Å². The average molecular weight is 274 g/mol. The Labute approximate surface area is 104 Å². The first-order chi connectivity index (χ1) is 7.77. The van der Waals surface area contributed by atoms with Crippen molar-refractivity contribution in [1.82, 2.24) is 0 Å². The summed E-state index contributed by atoms with van der Waals surface area (Å²) in [6.45, 7) is 2.08. The zero-order valence-electron chi connectivity index (χ0n) is 9.02. The summed E-state index contributed by atoms with van der Waals surface area (Å²) in [5.74, 6) is 0. The molecule has 0 aliphatic carbocycles. The van der Waals surface area contributed by atoms with E-state index in [1.54, 1.807) is 0 Å². The molecule has 0 saturated carbocycles. The molecular weight excluding hydrogens is 262 g/mol. The highest BCUT2D eigenvalue weighted by molar-refractivity contribution is 9.10. The van der Waals surface area contributed by atoms with Crippen LogP contribution in [-0.2, 0) is 0 Å². The van der Waals surface area contributed by atoms with Gasteiger partial charge in [-0.15, -0.1) is 0 Å². The summed E-state index contributed by atoms with van der Waals surface area (Å²) in [6.07, 6.45) is 1.90. The van der Waals surface area contributed by atoms with Gasteiger partial charge in [0.25, 0.3) is 0 Å². The topological polar surface area (TPSA) is 12.4 Å². The molecule has 2 aromatic rings. The summed E-state index contributed by atoms with van der Waals surface area (Å²) in [6, 6.07) is 16.1. The fraction of sp³-hybridized carbons (Fsp3) is 0.0714. The first-order valence-electron chi connectivity index (χ1n) is 5.11. The van der Waals surface area contributed by atoms with E-state index >= 15 is 0 Å². The van der Waals surface area contributed by atoms with Gasteiger partial charge in [0.2, 0.25) is 0 Å². The molecule has 1 nitrogen and oxygen atoms in total. The van der Waals surface area contributed by atoms with Crippen LogP contribution in [0.25, 0.3) is 0 Å². The third-order valence-electron chi connectivity index (χ3n) is 2.38. The van der Waals surface area contributed by atoms with Crippen LogP contribution < -0.4 is 0 Å². The number of hydrogen-bond acceptors (Lipinski definition) is 1. The molecule has 2 aromatic carbocycles. The SMILES string of the molecule is Cc1ccccc1C=Nc1ccccc1Br. The van der Waals surface area contributed by atoms with Gasteiger partial charge in [-0.1, -0.05) is 36.4 Å². The monoisotopic (exact) mass is 273 g/mol. The Morgan fingerprint density at radius 2 is 1.69 bits per heavy atom. The molecule has 2 heteroatoms. The Balaban J connectivity index is 2.29. The minimum atomic E-state index is 0.950. The number of benzene rings is 2. The first-order valence-corrected chi connectivity index (χ1v) is 5.91. The summed E-state index contributed by atoms with van der Waals surface area (Å²) in [5.41, 5.74) is 3.34. The summed E-state index contributed by atoms with van der Waals surface area (Å²) in [5, 5.41) is 0.